The van der Waals surface area contributed by atoms with Crippen molar-refractivity contribution in [1.29, 1.82) is 0 Å². The van der Waals surface area contributed by atoms with Crippen molar-refractivity contribution in [2.45, 2.75) is 38.1 Å². The summed E-state index contributed by atoms with van der Waals surface area (Å²) in [6.07, 6.45) is 4.17. The maximum Gasteiger partial charge on any atom is 0.227 e. The molecule has 1 saturated carbocycles. The molecule has 3 rings (SSSR count). The third-order valence-electron chi connectivity index (χ3n) is 5.15. The Morgan fingerprint density at radius 2 is 1.92 bits per heavy atom. The summed E-state index contributed by atoms with van der Waals surface area (Å²) < 4.78 is 13.0. The molecule has 2 unspecified atom stereocenters. The Bertz CT molecular complexity index is 622. The van der Waals surface area contributed by atoms with Gasteiger partial charge in [0.15, 0.2) is 0 Å². The number of piperidine rings is 1. The average molecular weight is 384 g/mol. The molecule has 2 atom stereocenters. The van der Waals surface area contributed by atoms with Gasteiger partial charge in [-0.05, 0) is 49.3 Å². The summed E-state index contributed by atoms with van der Waals surface area (Å²) in [5.41, 5.74) is 6.81. The lowest BCUT2D eigenvalue weighted by Gasteiger charge is -2.32. The van der Waals surface area contributed by atoms with Crippen LogP contribution >= 0.6 is 12.4 Å². The van der Waals surface area contributed by atoms with E-state index < -0.39 is 0 Å². The molecule has 0 spiro atoms. The summed E-state index contributed by atoms with van der Waals surface area (Å²) in [5.74, 6) is 0.0576. The second-order valence-electron chi connectivity index (χ2n) is 7.23. The third kappa shape index (κ3) is 5.68. The lowest BCUT2D eigenvalue weighted by molar-refractivity contribution is -0.135. The van der Waals surface area contributed by atoms with E-state index in [1.54, 1.807) is 17.0 Å². The zero-order valence-corrected chi connectivity index (χ0v) is 15.6. The molecule has 1 aromatic rings. The molecule has 0 bridgehead atoms. The van der Waals surface area contributed by atoms with Gasteiger partial charge in [0.05, 0.1) is 12.3 Å². The Balaban J connectivity index is 0.00000243. The predicted molar refractivity (Wildman–Crippen MR) is 100 cm³/mol. The molecule has 1 aromatic carbocycles. The summed E-state index contributed by atoms with van der Waals surface area (Å²) in [7, 11) is 0. The van der Waals surface area contributed by atoms with E-state index in [4.69, 9.17) is 5.73 Å². The fraction of sp³-hybridized carbons (Fsp3) is 0.579. The van der Waals surface area contributed by atoms with Crippen LogP contribution in [0.4, 0.5) is 4.39 Å². The maximum absolute atomic E-state index is 13.0. The normalized spacial score (nSPS) is 20.8. The summed E-state index contributed by atoms with van der Waals surface area (Å²) in [6.45, 7) is 1.64. The zero-order valence-electron chi connectivity index (χ0n) is 14.8. The van der Waals surface area contributed by atoms with E-state index in [9.17, 15) is 14.0 Å². The minimum absolute atomic E-state index is 0. The molecule has 1 heterocycles. The molecule has 7 heteroatoms. The molecule has 26 heavy (non-hydrogen) atoms. The Morgan fingerprint density at radius 3 is 2.58 bits per heavy atom. The van der Waals surface area contributed by atoms with Crippen LogP contribution in [0.5, 0.6) is 0 Å². The van der Waals surface area contributed by atoms with Crippen molar-refractivity contribution in [1.82, 2.24) is 10.2 Å². The molecule has 2 amide bonds. The number of amides is 2. The molecule has 5 nitrogen and oxygen atoms in total. The zero-order chi connectivity index (χ0) is 17.8. The van der Waals surface area contributed by atoms with Gasteiger partial charge in [0.2, 0.25) is 11.8 Å². The maximum atomic E-state index is 13.0. The first-order valence-corrected chi connectivity index (χ1v) is 9.08. The van der Waals surface area contributed by atoms with Gasteiger partial charge in [0.25, 0.3) is 0 Å². The molecule has 144 valence electrons. The molecular formula is C19H27ClFN3O2. The highest BCUT2D eigenvalue weighted by Crippen LogP contribution is 2.31. The van der Waals surface area contributed by atoms with Gasteiger partial charge in [-0.1, -0.05) is 12.1 Å². The number of carbonyl (C=O) groups is 2. The van der Waals surface area contributed by atoms with Gasteiger partial charge >= 0.3 is 0 Å². The van der Waals surface area contributed by atoms with Crippen LogP contribution in [-0.4, -0.2) is 42.4 Å². The third-order valence-corrected chi connectivity index (χ3v) is 5.15. The van der Waals surface area contributed by atoms with E-state index in [0.29, 0.717) is 25.6 Å². The van der Waals surface area contributed by atoms with Gasteiger partial charge in [-0.2, -0.15) is 0 Å². The number of nitrogens with one attached hydrogen (secondary N) is 1. The average Bonchev–Trinajstić information content (AvgIpc) is 3.46. The quantitative estimate of drug-likeness (QED) is 0.787. The highest BCUT2D eigenvalue weighted by atomic mass is 35.5. The van der Waals surface area contributed by atoms with Crippen molar-refractivity contribution in [3.05, 3.63) is 35.6 Å². The first-order valence-electron chi connectivity index (χ1n) is 9.08. The van der Waals surface area contributed by atoms with Crippen LogP contribution in [-0.2, 0) is 16.0 Å². The largest absolute Gasteiger partial charge is 0.354 e. The van der Waals surface area contributed by atoms with Crippen molar-refractivity contribution >= 4 is 24.2 Å². The number of likely N-dealkylation sites (tertiary alicyclic amines) is 1. The molecule has 1 saturated heterocycles. The minimum atomic E-state index is -0.310. The summed E-state index contributed by atoms with van der Waals surface area (Å²) in [4.78, 5) is 26.6. The van der Waals surface area contributed by atoms with Crippen molar-refractivity contribution in [3.63, 3.8) is 0 Å². The van der Waals surface area contributed by atoms with Gasteiger partial charge in [-0.3, -0.25) is 9.59 Å². The van der Waals surface area contributed by atoms with Gasteiger partial charge in [-0.25, -0.2) is 4.39 Å². The van der Waals surface area contributed by atoms with Crippen LogP contribution < -0.4 is 11.1 Å². The van der Waals surface area contributed by atoms with Gasteiger partial charge in [0, 0.05) is 25.7 Å². The standard InChI is InChI=1S/C19H26FN3O2.ClH/c20-16-7-3-13(4-8-16)10-18(24)23-9-1-2-15(12-23)19(25)22-11-17(21)14-5-6-14;/h3-4,7-8,14-15,17H,1-2,5-6,9-12,21H2,(H,22,25);1H. The van der Waals surface area contributed by atoms with Crippen LogP contribution in [0.3, 0.4) is 0 Å². The lowest BCUT2D eigenvalue weighted by Crippen LogP contribution is -2.48. The molecule has 0 aromatic heterocycles. The topological polar surface area (TPSA) is 75.4 Å². The van der Waals surface area contributed by atoms with E-state index in [-0.39, 0.29) is 48.4 Å². The summed E-state index contributed by atoms with van der Waals surface area (Å²) >= 11 is 0. The van der Waals surface area contributed by atoms with Crippen LogP contribution in [0.2, 0.25) is 0 Å². The van der Waals surface area contributed by atoms with E-state index in [1.807, 2.05) is 0 Å². The smallest absolute Gasteiger partial charge is 0.227 e. The Kier molecular flexibility index (Phi) is 7.41. The monoisotopic (exact) mass is 383 g/mol. The van der Waals surface area contributed by atoms with Crippen molar-refractivity contribution in [2.75, 3.05) is 19.6 Å². The number of benzene rings is 1. The lowest BCUT2D eigenvalue weighted by atomic mass is 9.96. The van der Waals surface area contributed by atoms with Crippen LogP contribution in [0.25, 0.3) is 0 Å². The fourth-order valence-electron chi connectivity index (χ4n) is 3.36. The molecular weight excluding hydrogens is 357 g/mol. The number of rotatable bonds is 6. The SMILES string of the molecule is Cl.NC(CNC(=O)C1CCCN(C(=O)Cc2ccc(F)cc2)C1)C1CC1. The number of nitrogens with two attached hydrogens (primary N) is 1. The second kappa shape index (κ2) is 9.33. The van der Waals surface area contributed by atoms with Crippen LogP contribution in [0.15, 0.2) is 24.3 Å². The van der Waals surface area contributed by atoms with Crippen molar-refractivity contribution in [2.24, 2.45) is 17.6 Å². The fourth-order valence-corrected chi connectivity index (χ4v) is 3.36. The van der Waals surface area contributed by atoms with E-state index >= 15 is 0 Å². The number of nitrogens with zero attached hydrogens (tertiary/aromatic N) is 1. The Hall–Kier alpha value is -1.66. The summed E-state index contributed by atoms with van der Waals surface area (Å²) in [6, 6.07) is 6.02. The molecule has 2 aliphatic rings. The van der Waals surface area contributed by atoms with Crippen LogP contribution in [0.1, 0.15) is 31.2 Å². The number of halogens is 2. The minimum Gasteiger partial charge on any atom is -0.354 e. The van der Waals surface area contributed by atoms with E-state index in [1.165, 1.54) is 12.1 Å². The molecule has 0 radical (unpaired) electrons. The van der Waals surface area contributed by atoms with Crippen LogP contribution in [0, 0.1) is 17.7 Å². The number of hydrogen-bond donors (Lipinski definition) is 2. The first-order chi connectivity index (χ1) is 12.0. The van der Waals surface area contributed by atoms with Crippen molar-refractivity contribution < 1.29 is 14.0 Å². The number of hydrogen-bond acceptors (Lipinski definition) is 3. The van der Waals surface area contributed by atoms with Crippen molar-refractivity contribution in [3.8, 4) is 0 Å². The van der Waals surface area contributed by atoms with E-state index in [2.05, 4.69) is 5.32 Å². The molecule has 3 N–H and O–H groups in total. The second-order valence-corrected chi connectivity index (χ2v) is 7.23. The first kappa shape index (κ1) is 20.6. The molecule has 2 fully saturated rings. The molecule has 1 aliphatic carbocycles. The predicted octanol–water partition coefficient (Wildman–Crippen LogP) is 1.88. The number of carbonyl (C=O) groups excluding carboxylic acids is 2. The highest BCUT2D eigenvalue weighted by molar-refractivity contribution is 5.85. The van der Waals surface area contributed by atoms with Gasteiger partial charge < -0.3 is 16.0 Å². The van der Waals surface area contributed by atoms with E-state index in [0.717, 1.165) is 31.2 Å². The van der Waals surface area contributed by atoms with Gasteiger partial charge in [-0.15, -0.1) is 12.4 Å². The Morgan fingerprint density at radius 1 is 1.23 bits per heavy atom. The highest BCUT2D eigenvalue weighted by Gasteiger charge is 2.31. The summed E-state index contributed by atoms with van der Waals surface area (Å²) in [5, 5.41) is 2.95. The Labute approximate surface area is 159 Å². The van der Waals surface area contributed by atoms with Gasteiger partial charge in [0.1, 0.15) is 5.82 Å². The molecule has 1 aliphatic heterocycles.